The third kappa shape index (κ3) is 3.51. The van der Waals surface area contributed by atoms with Gasteiger partial charge in [0.1, 0.15) is 0 Å². The molecule has 1 saturated heterocycles. The summed E-state index contributed by atoms with van der Waals surface area (Å²) in [6, 6.07) is 0.462. The van der Waals surface area contributed by atoms with E-state index in [4.69, 9.17) is 9.57 Å². The minimum Gasteiger partial charge on any atom is -0.381 e. The van der Waals surface area contributed by atoms with E-state index < -0.39 is 0 Å². The first-order valence-electron chi connectivity index (χ1n) is 3.99. The van der Waals surface area contributed by atoms with E-state index in [1.807, 2.05) is 0 Å². The predicted octanol–water partition coefficient (Wildman–Crippen LogP) is 0.873. The van der Waals surface area contributed by atoms with Crippen LogP contribution < -0.4 is 5.48 Å². The zero-order valence-electron chi connectivity index (χ0n) is 6.71. The highest BCUT2D eigenvalue weighted by molar-refractivity contribution is 4.67. The van der Waals surface area contributed by atoms with Crippen molar-refractivity contribution in [3.8, 4) is 0 Å². The van der Waals surface area contributed by atoms with Gasteiger partial charge in [-0.2, -0.15) is 5.48 Å². The molecule has 0 aromatic rings. The van der Waals surface area contributed by atoms with Crippen molar-refractivity contribution in [2.75, 3.05) is 19.8 Å². The molecule has 0 spiro atoms. The lowest BCUT2D eigenvalue weighted by Crippen LogP contribution is -2.34. The lowest BCUT2D eigenvalue weighted by molar-refractivity contribution is -0.00981. The van der Waals surface area contributed by atoms with Crippen molar-refractivity contribution in [2.45, 2.75) is 18.9 Å². The van der Waals surface area contributed by atoms with Crippen molar-refractivity contribution < 1.29 is 9.57 Å². The van der Waals surface area contributed by atoms with Crippen LogP contribution in [0.3, 0.4) is 0 Å². The summed E-state index contributed by atoms with van der Waals surface area (Å²) in [5.74, 6) is 0. The summed E-state index contributed by atoms with van der Waals surface area (Å²) in [5.41, 5.74) is 2.97. The molecule has 0 amide bonds. The number of hydroxylamine groups is 1. The molecule has 11 heavy (non-hydrogen) atoms. The molecule has 64 valence electrons. The van der Waals surface area contributed by atoms with Gasteiger partial charge in [-0.3, -0.25) is 4.84 Å². The lowest BCUT2D eigenvalue weighted by Gasteiger charge is -2.22. The van der Waals surface area contributed by atoms with Crippen molar-refractivity contribution >= 4 is 0 Å². The van der Waals surface area contributed by atoms with Crippen LogP contribution in [0.4, 0.5) is 0 Å². The average Bonchev–Trinajstić information content (AvgIpc) is 2.07. The molecule has 1 N–H and O–H groups in total. The van der Waals surface area contributed by atoms with Crippen LogP contribution in [0.2, 0.25) is 0 Å². The predicted molar refractivity (Wildman–Crippen MR) is 43.1 cm³/mol. The van der Waals surface area contributed by atoms with Crippen LogP contribution in [0.15, 0.2) is 12.7 Å². The molecule has 1 aliphatic rings. The Morgan fingerprint density at radius 3 is 2.91 bits per heavy atom. The maximum absolute atomic E-state index is 5.19. The Bertz CT molecular complexity index is 111. The van der Waals surface area contributed by atoms with Crippen molar-refractivity contribution in [3.05, 3.63) is 12.7 Å². The second-order valence-corrected chi connectivity index (χ2v) is 2.60. The second kappa shape index (κ2) is 5.29. The molecule has 0 bridgehead atoms. The van der Waals surface area contributed by atoms with Gasteiger partial charge in [0, 0.05) is 19.3 Å². The Kier molecular flexibility index (Phi) is 4.19. The molecule has 0 atom stereocenters. The van der Waals surface area contributed by atoms with Crippen LogP contribution in [0.25, 0.3) is 0 Å². The fourth-order valence-electron chi connectivity index (χ4n) is 1.04. The van der Waals surface area contributed by atoms with E-state index in [1.54, 1.807) is 6.08 Å². The van der Waals surface area contributed by atoms with Crippen molar-refractivity contribution in [1.29, 1.82) is 0 Å². The van der Waals surface area contributed by atoms with Gasteiger partial charge in [-0.15, -0.1) is 6.58 Å². The van der Waals surface area contributed by atoms with Crippen LogP contribution >= 0.6 is 0 Å². The summed E-state index contributed by atoms with van der Waals surface area (Å²) in [6.45, 7) is 5.81. The van der Waals surface area contributed by atoms with Crippen LogP contribution in [0.1, 0.15) is 12.8 Å². The summed E-state index contributed by atoms with van der Waals surface area (Å²) in [4.78, 5) is 5.10. The van der Waals surface area contributed by atoms with E-state index in [0.717, 1.165) is 26.1 Å². The zero-order chi connectivity index (χ0) is 7.94. The fraction of sp³-hybridized carbons (Fsp3) is 0.750. The number of rotatable bonds is 4. The van der Waals surface area contributed by atoms with Gasteiger partial charge in [-0.1, -0.05) is 6.08 Å². The molecule has 1 rings (SSSR count). The number of hydrogen-bond acceptors (Lipinski definition) is 3. The molecular weight excluding hydrogens is 142 g/mol. The van der Waals surface area contributed by atoms with Crippen molar-refractivity contribution in [2.24, 2.45) is 0 Å². The summed E-state index contributed by atoms with van der Waals surface area (Å²) in [6.07, 6.45) is 3.81. The monoisotopic (exact) mass is 157 g/mol. The average molecular weight is 157 g/mol. The Labute approximate surface area is 67.3 Å². The standard InChI is InChI=1S/C8H15NO2/c1-2-5-11-9-8-3-6-10-7-4-8/h2,8-9H,1,3-7H2. The Hall–Kier alpha value is -0.380. The van der Waals surface area contributed by atoms with E-state index in [1.165, 1.54) is 0 Å². The molecule has 0 aromatic heterocycles. The summed E-state index contributed by atoms with van der Waals surface area (Å²) in [5, 5.41) is 0. The molecule has 1 fully saturated rings. The van der Waals surface area contributed by atoms with E-state index >= 15 is 0 Å². The highest BCUT2D eigenvalue weighted by atomic mass is 16.6. The smallest absolute Gasteiger partial charge is 0.0861 e. The van der Waals surface area contributed by atoms with Gasteiger partial charge in [0.15, 0.2) is 0 Å². The SMILES string of the molecule is C=CCONC1CCOCC1. The first kappa shape index (κ1) is 8.71. The zero-order valence-corrected chi connectivity index (χ0v) is 6.71. The summed E-state index contributed by atoms with van der Waals surface area (Å²) < 4.78 is 5.19. The topological polar surface area (TPSA) is 30.5 Å². The normalized spacial score (nSPS) is 20.0. The molecule has 3 nitrogen and oxygen atoms in total. The van der Waals surface area contributed by atoms with Crippen molar-refractivity contribution in [3.63, 3.8) is 0 Å². The van der Waals surface area contributed by atoms with Crippen LogP contribution in [-0.4, -0.2) is 25.9 Å². The number of nitrogens with one attached hydrogen (secondary N) is 1. The second-order valence-electron chi connectivity index (χ2n) is 2.60. The largest absolute Gasteiger partial charge is 0.381 e. The maximum Gasteiger partial charge on any atom is 0.0861 e. The molecule has 1 aliphatic heterocycles. The number of ether oxygens (including phenoxy) is 1. The third-order valence-corrected chi connectivity index (χ3v) is 1.67. The highest BCUT2D eigenvalue weighted by Gasteiger charge is 2.12. The summed E-state index contributed by atoms with van der Waals surface area (Å²) in [7, 11) is 0. The van der Waals surface area contributed by atoms with Gasteiger partial charge in [-0.25, -0.2) is 0 Å². The minimum absolute atomic E-state index is 0.462. The molecule has 0 aromatic carbocycles. The van der Waals surface area contributed by atoms with E-state index in [2.05, 4.69) is 12.1 Å². The summed E-state index contributed by atoms with van der Waals surface area (Å²) >= 11 is 0. The van der Waals surface area contributed by atoms with Crippen LogP contribution in [0, 0.1) is 0 Å². The Morgan fingerprint density at radius 1 is 1.55 bits per heavy atom. The van der Waals surface area contributed by atoms with Crippen LogP contribution in [-0.2, 0) is 9.57 Å². The highest BCUT2D eigenvalue weighted by Crippen LogP contribution is 2.05. The molecule has 0 radical (unpaired) electrons. The third-order valence-electron chi connectivity index (χ3n) is 1.67. The van der Waals surface area contributed by atoms with Crippen molar-refractivity contribution in [1.82, 2.24) is 5.48 Å². The fourth-order valence-corrected chi connectivity index (χ4v) is 1.04. The van der Waals surface area contributed by atoms with Gasteiger partial charge in [-0.05, 0) is 12.8 Å². The van der Waals surface area contributed by atoms with E-state index in [-0.39, 0.29) is 0 Å². The Balaban J connectivity index is 2.00. The number of hydrogen-bond donors (Lipinski definition) is 1. The van der Waals surface area contributed by atoms with Gasteiger partial charge >= 0.3 is 0 Å². The quantitative estimate of drug-likeness (QED) is 0.373. The van der Waals surface area contributed by atoms with E-state index in [0.29, 0.717) is 12.6 Å². The molecule has 0 aliphatic carbocycles. The van der Waals surface area contributed by atoms with Gasteiger partial charge in [0.25, 0.3) is 0 Å². The molecule has 0 unspecified atom stereocenters. The molecular formula is C8H15NO2. The molecule has 3 heteroatoms. The van der Waals surface area contributed by atoms with Gasteiger partial charge in [0.2, 0.25) is 0 Å². The van der Waals surface area contributed by atoms with Gasteiger partial charge in [0.05, 0.1) is 6.61 Å². The first-order valence-corrected chi connectivity index (χ1v) is 3.99. The van der Waals surface area contributed by atoms with E-state index in [9.17, 15) is 0 Å². The van der Waals surface area contributed by atoms with Crippen LogP contribution in [0.5, 0.6) is 0 Å². The minimum atomic E-state index is 0.462. The molecule has 1 heterocycles. The first-order chi connectivity index (χ1) is 5.43. The van der Waals surface area contributed by atoms with Gasteiger partial charge < -0.3 is 4.74 Å². The Morgan fingerprint density at radius 2 is 2.27 bits per heavy atom. The maximum atomic E-state index is 5.19. The lowest BCUT2D eigenvalue weighted by atomic mass is 10.1. The molecule has 0 saturated carbocycles.